The highest BCUT2D eigenvalue weighted by Crippen LogP contribution is 1.92. The van der Waals surface area contributed by atoms with Gasteiger partial charge in [-0.2, -0.15) is 0 Å². The van der Waals surface area contributed by atoms with Crippen LogP contribution in [0.1, 0.15) is 19.3 Å². The van der Waals surface area contributed by atoms with Crippen LogP contribution in [0.25, 0.3) is 0 Å². The number of amides is 1. The Morgan fingerprint density at radius 2 is 2.43 bits per heavy atom. The van der Waals surface area contributed by atoms with Crippen molar-refractivity contribution in [3.05, 3.63) is 12.7 Å². The summed E-state index contributed by atoms with van der Waals surface area (Å²) >= 11 is 0. The number of aliphatic hydroxyl groups is 1. The second-order valence-electron chi connectivity index (χ2n) is 3.08. The molecule has 0 saturated heterocycles. The van der Waals surface area contributed by atoms with Crippen molar-refractivity contribution < 1.29 is 14.6 Å². The first-order chi connectivity index (χ1) is 6.70. The molecule has 0 aromatic heterocycles. The molecule has 4 heteroatoms. The molecule has 0 spiro atoms. The van der Waals surface area contributed by atoms with Gasteiger partial charge in [0.1, 0.15) is 0 Å². The van der Waals surface area contributed by atoms with Gasteiger partial charge < -0.3 is 15.2 Å². The van der Waals surface area contributed by atoms with Crippen LogP contribution in [-0.4, -0.2) is 37.4 Å². The molecule has 1 atom stereocenters. The number of carbonyl (C=O) groups is 1. The summed E-state index contributed by atoms with van der Waals surface area (Å²) in [6.07, 6.45) is 2.88. The largest absolute Gasteiger partial charge is 0.391 e. The van der Waals surface area contributed by atoms with Gasteiger partial charge in [0.15, 0.2) is 0 Å². The first kappa shape index (κ1) is 13.1. The van der Waals surface area contributed by atoms with Crippen LogP contribution < -0.4 is 5.32 Å². The lowest BCUT2D eigenvalue weighted by atomic mass is 10.2. The number of allylic oxidation sites excluding steroid dienone is 1. The Morgan fingerprint density at radius 1 is 1.71 bits per heavy atom. The number of aliphatic hydroxyl groups excluding tert-OH is 1. The SMILES string of the molecule is C=CCCC(=O)NCCC(O)COC. The third-order valence-corrected chi connectivity index (χ3v) is 1.73. The molecule has 0 bridgehead atoms. The van der Waals surface area contributed by atoms with E-state index in [0.717, 1.165) is 0 Å². The predicted octanol–water partition coefficient (Wildman–Crippen LogP) is 0.466. The van der Waals surface area contributed by atoms with Gasteiger partial charge in [-0.15, -0.1) is 6.58 Å². The maximum atomic E-state index is 11.1. The fourth-order valence-corrected chi connectivity index (χ4v) is 0.975. The first-order valence-electron chi connectivity index (χ1n) is 4.75. The molecule has 0 saturated carbocycles. The standard InChI is InChI=1S/C10H19NO3/c1-3-4-5-10(13)11-7-6-9(12)8-14-2/h3,9,12H,1,4-8H2,2H3,(H,11,13). The van der Waals surface area contributed by atoms with E-state index < -0.39 is 6.10 Å². The molecular formula is C10H19NO3. The van der Waals surface area contributed by atoms with Gasteiger partial charge in [-0.05, 0) is 12.8 Å². The Labute approximate surface area is 85.0 Å². The monoisotopic (exact) mass is 201 g/mol. The summed E-state index contributed by atoms with van der Waals surface area (Å²) < 4.78 is 4.75. The minimum atomic E-state index is -0.500. The van der Waals surface area contributed by atoms with E-state index in [4.69, 9.17) is 4.74 Å². The van der Waals surface area contributed by atoms with Crippen LogP contribution in [0.4, 0.5) is 0 Å². The molecule has 0 heterocycles. The zero-order valence-corrected chi connectivity index (χ0v) is 8.66. The molecule has 2 N–H and O–H groups in total. The maximum absolute atomic E-state index is 11.1. The van der Waals surface area contributed by atoms with Crippen molar-refractivity contribution >= 4 is 5.91 Å². The molecule has 1 unspecified atom stereocenters. The van der Waals surface area contributed by atoms with Crippen LogP contribution in [0.3, 0.4) is 0 Å². The average Bonchev–Trinajstić information content (AvgIpc) is 2.15. The number of hydrogen-bond donors (Lipinski definition) is 2. The fourth-order valence-electron chi connectivity index (χ4n) is 0.975. The Kier molecular flexibility index (Phi) is 8.17. The van der Waals surface area contributed by atoms with E-state index in [1.807, 2.05) is 0 Å². The summed E-state index contributed by atoms with van der Waals surface area (Å²) in [5, 5.41) is 12.0. The van der Waals surface area contributed by atoms with Crippen molar-refractivity contribution in [3.63, 3.8) is 0 Å². The topological polar surface area (TPSA) is 58.6 Å². The maximum Gasteiger partial charge on any atom is 0.220 e. The summed E-state index contributed by atoms with van der Waals surface area (Å²) in [6.45, 7) is 4.32. The Hall–Kier alpha value is -0.870. The van der Waals surface area contributed by atoms with Crippen molar-refractivity contribution in [1.82, 2.24) is 5.32 Å². The number of carbonyl (C=O) groups excluding carboxylic acids is 1. The number of ether oxygens (including phenoxy) is 1. The zero-order valence-electron chi connectivity index (χ0n) is 8.66. The van der Waals surface area contributed by atoms with Crippen LogP contribution >= 0.6 is 0 Å². The number of nitrogens with one attached hydrogen (secondary N) is 1. The first-order valence-corrected chi connectivity index (χ1v) is 4.75. The molecular weight excluding hydrogens is 182 g/mol. The molecule has 0 aliphatic rings. The summed E-state index contributed by atoms with van der Waals surface area (Å²) in [5.41, 5.74) is 0. The highest BCUT2D eigenvalue weighted by Gasteiger charge is 2.04. The second-order valence-corrected chi connectivity index (χ2v) is 3.08. The van der Waals surface area contributed by atoms with Gasteiger partial charge in [-0.25, -0.2) is 0 Å². The van der Waals surface area contributed by atoms with Crippen molar-refractivity contribution in [1.29, 1.82) is 0 Å². The summed E-state index contributed by atoms with van der Waals surface area (Å²) in [7, 11) is 1.53. The van der Waals surface area contributed by atoms with Gasteiger partial charge in [0.05, 0.1) is 12.7 Å². The second kappa shape index (κ2) is 8.72. The molecule has 14 heavy (non-hydrogen) atoms. The van der Waals surface area contributed by atoms with Crippen molar-refractivity contribution in [2.75, 3.05) is 20.3 Å². The molecule has 0 radical (unpaired) electrons. The molecule has 0 aliphatic heterocycles. The van der Waals surface area contributed by atoms with Crippen molar-refractivity contribution in [3.8, 4) is 0 Å². The third kappa shape index (κ3) is 7.76. The van der Waals surface area contributed by atoms with Gasteiger partial charge in [-0.3, -0.25) is 4.79 Å². The summed E-state index contributed by atoms with van der Waals surface area (Å²) in [6, 6.07) is 0. The van der Waals surface area contributed by atoms with Gasteiger partial charge in [0.25, 0.3) is 0 Å². The minimum absolute atomic E-state index is 0.00508. The highest BCUT2D eigenvalue weighted by atomic mass is 16.5. The summed E-state index contributed by atoms with van der Waals surface area (Å²) in [5.74, 6) is -0.00508. The van der Waals surface area contributed by atoms with E-state index >= 15 is 0 Å². The van der Waals surface area contributed by atoms with Gasteiger partial charge in [0.2, 0.25) is 5.91 Å². The summed E-state index contributed by atoms with van der Waals surface area (Å²) in [4.78, 5) is 11.1. The van der Waals surface area contributed by atoms with Crippen LogP contribution in [0.5, 0.6) is 0 Å². The Morgan fingerprint density at radius 3 is 3.00 bits per heavy atom. The molecule has 0 aliphatic carbocycles. The smallest absolute Gasteiger partial charge is 0.220 e. The Balaban J connectivity index is 3.34. The van der Waals surface area contributed by atoms with Crippen LogP contribution in [0, 0.1) is 0 Å². The quantitative estimate of drug-likeness (QED) is 0.561. The van der Waals surface area contributed by atoms with E-state index in [0.29, 0.717) is 32.4 Å². The van der Waals surface area contributed by atoms with E-state index in [1.54, 1.807) is 6.08 Å². The predicted molar refractivity (Wildman–Crippen MR) is 54.9 cm³/mol. The van der Waals surface area contributed by atoms with Crippen LogP contribution in [0.15, 0.2) is 12.7 Å². The zero-order chi connectivity index (χ0) is 10.8. The van der Waals surface area contributed by atoms with Crippen LogP contribution in [-0.2, 0) is 9.53 Å². The molecule has 0 aromatic carbocycles. The number of hydrogen-bond acceptors (Lipinski definition) is 3. The third-order valence-electron chi connectivity index (χ3n) is 1.73. The van der Waals surface area contributed by atoms with Gasteiger partial charge >= 0.3 is 0 Å². The van der Waals surface area contributed by atoms with E-state index in [1.165, 1.54) is 7.11 Å². The Bertz CT molecular complexity index is 171. The van der Waals surface area contributed by atoms with Crippen molar-refractivity contribution in [2.45, 2.75) is 25.4 Å². The molecule has 0 fully saturated rings. The highest BCUT2D eigenvalue weighted by molar-refractivity contribution is 5.75. The number of methoxy groups -OCH3 is 1. The van der Waals surface area contributed by atoms with Crippen LogP contribution in [0.2, 0.25) is 0 Å². The minimum Gasteiger partial charge on any atom is -0.391 e. The molecule has 4 nitrogen and oxygen atoms in total. The molecule has 1 amide bonds. The van der Waals surface area contributed by atoms with E-state index in [2.05, 4.69) is 11.9 Å². The molecule has 0 rings (SSSR count). The lowest BCUT2D eigenvalue weighted by molar-refractivity contribution is -0.121. The van der Waals surface area contributed by atoms with E-state index in [-0.39, 0.29) is 5.91 Å². The van der Waals surface area contributed by atoms with Gasteiger partial charge in [-0.1, -0.05) is 6.08 Å². The fraction of sp³-hybridized carbons (Fsp3) is 0.700. The van der Waals surface area contributed by atoms with Gasteiger partial charge in [0, 0.05) is 20.1 Å². The lowest BCUT2D eigenvalue weighted by Gasteiger charge is -2.09. The average molecular weight is 201 g/mol. The number of rotatable bonds is 8. The normalized spacial score (nSPS) is 12.1. The molecule has 82 valence electrons. The van der Waals surface area contributed by atoms with E-state index in [9.17, 15) is 9.90 Å². The molecule has 0 aromatic rings. The van der Waals surface area contributed by atoms with Crippen molar-refractivity contribution in [2.24, 2.45) is 0 Å². The lowest BCUT2D eigenvalue weighted by Crippen LogP contribution is -2.28.